The lowest BCUT2D eigenvalue weighted by atomic mass is 10.2. The summed E-state index contributed by atoms with van der Waals surface area (Å²) in [7, 11) is 1.30. The summed E-state index contributed by atoms with van der Waals surface area (Å²) in [4.78, 5) is 23.1. The second kappa shape index (κ2) is 5.76. The molecule has 1 heterocycles. The molecule has 2 rings (SSSR count). The molecule has 0 saturated heterocycles. The summed E-state index contributed by atoms with van der Waals surface area (Å²) in [6.07, 6.45) is 3.08. The first-order valence-electron chi connectivity index (χ1n) is 5.51. The number of hydrogen-bond donors (Lipinski definition) is 1. The van der Waals surface area contributed by atoms with Crippen molar-refractivity contribution in [3.05, 3.63) is 42.2 Å². The van der Waals surface area contributed by atoms with Crippen LogP contribution >= 0.6 is 0 Å². The van der Waals surface area contributed by atoms with Gasteiger partial charge in [0.25, 0.3) is 0 Å². The van der Waals surface area contributed by atoms with E-state index in [0.29, 0.717) is 11.3 Å². The molecule has 0 bridgehead atoms. The predicted molar refractivity (Wildman–Crippen MR) is 66.4 cm³/mol. The maximum Gasteiger partial charge on any atom is 0.337 e. The van der Waals surface area contributed by atoms with Gasteiger partial charge in [0.15, 0.2) is 0 Å². The third-order valence-corrected chi connectivity index (χ3v) is 2.34. The lowest BCUT2D eigenvalue weighted by Crippen LogP contribution is -2.19. The van der Waals surface area contributed by atoms with Crippen molar-refractivity contribution in [3.8, 4) is 0 Å². The number of benzene rings is 1. The number of esters is 1. The molecule has 0 atom stereocenters. The van der Waals surface area contributed by atoms with Crippen molar-refractivity contribution in [1.29, 1.82) is 0 Å². The van der Waals surface area contributed by atoms with E-state index in [4.69, 9.17) is 0 Å². The molecule has 0 radical (unpaired) electrons. The summed E-state index contributed by atoms with van der Waals surface area (Å²) in [5.41, 5.74) is 0.897. The van der Waals surface area contributed by atoms with Gasteiger partial charge in [-0.15, -0.1) is 5.10 Å². The first kappa shape index (κ1) is 12.7. The van der Waals surface area contributed by atoms with Gasteiger partial charge in [-0.2, -0.15) is 0 Å². The molecule has 1 aromatic carbocycles. The highest BCUT2D eigenvalue weighted by molar-refractivity contribution is 5.94. The minimum atomic E-state index is -0.452. The minimum Gasteiger partial charge on any atom is -0.465 e. The van der Waals surface area contributed by atoms with Gasteiger partial charge in [-0.25, -0.2) is 9.48 Å². The van der Waals surface area contributed by atoms with E-state index in [0.717, 1.165) is 0 Å². The molecule has 0 aliphatic carbocycles. The number of nitrogens with zero attached hydrogens (tertiary/aromatic N) is 3. The van der Waals surface area contributed by atoms with E-state index in [1.165, 1.54) is 18.0 Å². The number of rotatable bonds is 4. The summed E-state index contributed by atoms with van der Waals surface area (Å²) >= 11 is 0. The Morgan fingerprint density at radius 3 is 2.95 bits per heavy atom. The largest absolute Gasteiger partial charge is 0.465 e. The van der Waals surface area contributed by atoms with Gasteiger partial charge in [0.2, 0.25) is 5.91 Å². The number of carbonyl (C=O) groups is 2. The molecule has 0 aliphatic rings. The van der Waals surface area contributed by atoms with Gasteiger partial charge in [-0.3, -0.25) is 4.79 Å². The van der Waals surface area contributed by atoms with E-state index in [2.05, 4.69) is 20.4 Å². The van der Waals surface area contributed by atoms with Crippen molar-refractivity contribution in [2.45, 2.75) is 6.54 Å². The second-order valence-electron chi connectivity index (χ2n) is 3.72. The lowest BCUT2D eigenvalue weighted by molar-refractivity contribution is -0.116. The highest BCUT2D eigenvalue weighted by Crippen LogP contribution is 2.11. The third-order valence-electron chi connectivity index (χ3n) is 2.34. The van der Waals surface area contributed by atoms with Gasteiger partial charge in [0, 0.05) is 11.9 Å². The maximum atomic E-state index is 11.7. The van der Waals surface area contributed by atoms with Gasteiger partial charge < -0.3 is 10.1 Å². The van der Waals surface area contributed by atoms with Crippen LogP contribution in [0.1, 0.15) is 10.4 Å². The SMILES string of the molecule is COC(=O)c1cccc(NC(=O)Cn2ccnn2)c1. The van der Waals surface area contributed by atoms with E-state index >= 15 is 0 Å². The molecule has 19 heavy (non-hydrogen) atoms. The normalized spacial score (nSPS) is 9.95. The van der Waals surface area contributed by atoms with Crippen LogP contribution < -0.4 is 5.32 Å². The van der Waals surface area contributed by atoms with Crippen molar-refractivity contribution >= 4 is 17.6 Å². The number of amides is 1. The van der Waals surface area contributed by atoms with Crippen LogP contribution in [0.4, 0.5) is 5.69 Å². The van der Waals surface area contributed by atoms with Crippen molar-refractivity contribution < 1.29 is 14.3 Å². The van der Waals surface area contributed by atoms with Crippen LogP contribution in [0.5, 0.6) is 0 Å². The molecule has 1 aromatic heterocycles. The van der Waals surface area contributed by atoms with Gasteiger partial charge >= 0.3 is 5.97 Å². The average molecular weight is 260 g/mol. The Hall–Kier alpha value is -2.70. The molecule has 0 spiro atoms. The van der Waals surface area contributed by atoms with Gasteiger partial charge in [0.05, 0.1) is 18.9 Å². The molecule has 7 heteroatoms. The smallest absolute Gasteiger partial charge is 0.337 e. The summed E-state index contributed by atoms with van der Waals surface area (Å²) < 4.78 is 6.01. The molecular formula is C12H12N4O3. The zero-order valence-corrected chi connectivity index (χ0v) is 10.2. The van der Waals surface area contributed by atoms with Crippen molar-refractivity contribution in [1.82, 2.24) is 15.0 Å². The Labute approximate surface area is 109 Å². The Balaban J connectivity index is 2.02. The van der Waals surface area contributed by atoms with Crippen LogP contribution in [0, 0.1) is 0 Å². The van der Waals surface area contributed by atoms with Gasteiger partial charge in [-0.05, 0) is 18.2 Å². The van der Waals surface area contributed by atoms with Crippen molar-refractivity contribution in [3.63, 3.8) is 0 Å². The first-order valence-corrected chi connectivity index (χ1v) is 5.51. The number of anilines is 1. The summed E-state index contributed by atoms with van der Waals surface area (Å²) in [6, 6.07) is 6.51. The number of nitrogens with one attached hydrogen (secondary N) is 1. The fourth-order valence-electron chi connectivity index (χ4n) is 1.51. The number of aromatic nitrogens is 3. The molecule has 0 unspecified atom stereocenters. The Kier molecular flexibility index (Phi) is 3.87. The first-order chi connectivity index (χ1) is 9.19. The fourth-order valence-corrected chi connectivity index (χ4v) is 1.51. The maximum absolute atomic E-state index is 11.7. The third kappa shape index (κ3) is 3.38. The lowest BCUT2D eigenvalue weighted by Gasteiger charge is -2.06. The van der Waals surface area contributed by atoms with Gasteiger partial charge in [-0.1, -0.05) is 11.3 Å². The molecule has 2 aromatic rings. The van der Waals surface area contributed by atoms with E-state index in [-0.39, 0.29) is 12.5 Å². The van der Waals surface area contributed by atoms with Crippen LogP contribution in [0.25, 0.3) is 0 Å². The Morgan fingerprint density at radius 1 is 1.42 bits per heavy atom. The molecule has 0 aliphatic heterocycles. The quantitative estimate of drug-likeness (QED) is 0.818. The molecule has 0 fully saturated rings. The molecule has 98 valence electrons. The molecule has 0 saturated carbocycles. The molecule has 7 nitrogen and oxygen atoms in total. The minimum absolute atomic E-state index is 0.0580. The summed E-state index contributed by atoms with van der Waals surface area (Å²) in [5, 5.41) is 9.96. The molecule has 1 amide bonds. The standard InChI is InChI=1S/C12H12N4O3/c1-19-12(18)9-3-2-4-10(7-9)14-11(17)8-16-6-5-13-15-16/h2-7H,8H2,1H3,(H,14,17). The fraction of sp³-hybridized carbons (Fsp3) is 0.167. The predicted octanol–water partition coefficient (Wildman–Crippen LogP) is 0.703. The van der Waals surface area contributed by atoms with Crippen LogP contribution in [0.3, 0.4) is 0 Å². The van der Waals surface area contributed by atoms with E-state index in [9.17, 15) is 9.59 Å². The topological polar surface area (TPSA) is 86.1 Å². The number of methoxy groups -OCH3 is 1. The number of ether oxygens (including phenoxy) is 1. The molecule has 1 N–H and O–H groups in total. The van der Waals surface area contributed by atoms with Gasteiger partial charge in [0.1, 0.15) is 6.54 Å². The van der Waals surface area contributed by atoms with E-state index in [1.54, 1.807) is 30.5 Å². The number of hydrogen-bond acceptors (Lipinski definition) is 5. The molecular weight excluding hydrogens is 248 g/mol. The van der Waals surface area contributed by atoms with Crippen LogP contribution in [-0.2, 0) is 16.1 Å². The highest BCUT2D eigenvalue weighted by Gasteiger charge is 2.08. The van der Waals surface area contributed by atoms with Crippen LogP contribution in [0.15, 0.2) is 36.7 Å². The second-order valence-corrected chi connectivity index (χ2v) is 3.72. The van der Waals surface area contributed by atoms with Crippen LogP contribution in [-0.4, -0.2) is 34.0 Å². The summed E-state index contributed by atoms with van der Waals surface area (Å²) in [6.45, 7) is 0.0580. The van der Waals surface area contributed by atoms with Crippen LogP contribution in [0.2, 0.25) is 0 Å². The van der Waals surface area contributed by atoms with E-state index in [1.807, 2.05) is 0 Å². The zero-order chi connectivity index (χ0) is 13.7. The number of carbonyl (C=O) groups excluding carboxylic acids is 2. The summed E-state index contributed by atoms with van der Waals surface area (Å²) in [5.74, 6) is -0.708. The van der Waals surface area contributed by atoms with Crippen molar-refractivity contribution in [2.75, 3.05) is 12.4 Å². The Morgan fingerprint density at radius 2 is 2.26 bits per heavy atom. The monoisotopic (exact) mass is 260 g/mol. The van der Waals surface area contributed by atoms with Crippen molar-refractivity contribution in [2.24, 2.45) is 0 Å². The Bertz CT molecular complexity index is 580. The average Bonchev–Trinajstić information content (AvgIpc) is 2.90. The highest BCUT2D eigenvalue weighted by atomic mass is 16.5. The zero-order valence-electron chi connectivity index (χ0n) is 10.2. The van der Waals surface area contributed by atoms with E-state index < -0.39 is 5.97 Å².